The molecule has 4 nitrogen and oxygen atoms in total. The summed E-state index contributed by atoms with van der Waals surface area (Å²) < 4.78 is 0.838. The highest BCUT2D eigenvalue weighted by atomic mass is 79.9. The first-order valence-electron chi connectivity index (χ1n) is 4.60. The molecule has 1 amide bonds. The maximum absolute atomic E-state index is 11.8. The largest absolute Gasteiger partial charge is 0.321 e. The average Bonchev–Trinajstić information content (AvgIpc) is 2.33. The fourth-order valence-corrected chi connectivity index (χ4v) is 1.57. The van der Waals surface area contributed by atoms with E-state index in [1.54, 1.807) is 6.07 Å². The second-order valence-corrected chi connectivity index (χ2v) is 3.92. The predicted molar refractivity (Wildman–Crippen MR) is 64.1 cm³/mol. The van der Waals surface area contributed by atoms with E-state index in [-0.39, 0.29) is 5.91 Å². The Kier molecular flexibility index (Phi) is 3.26. The van der Waals surface area contributed by atoms with E-state index in [0.717, 1.165) is 10.2 Å². The van der Waals surface area contributed by atoms with Crippen LogP contribution in [0.3, 0.4) is 0 Å². The second kappa shape index (κ2) is 4.85. The van der Waals surface area contributed by atoms with Crippen LogP contribution in [0.2, 0.25) is 0 Å². The minimum Gasteiger partial charge on any atom is -0.321 e. The van der Waals surface area contributed by atoms with Crippen molar-refractivity contribution in [2.75, 3.05) is 5.32 Å². The van der Waals surface area contributed by atoms with E-state index < -0.39 is 0 Å². The van der Waals surface area contributed by atoms with E-state index in [0.29, 0.717) is 5.56 Å². The van der Waals surface area contributed by atoms with Crippen molar-refractivity contribution in [2.45, 2.75) is 0 Å². The SMILES string of the molecule is O=C(Nc1ccccc1Br)c1ccnnc1. The number of aromatic nitrogens is 2. The van der Waals surface area contributed by atoms with Crippen LogP contribution in [-0.4, -0.2) is 16.1 Å². The average molecular weight is 278 g/mol. The van der Waals surface area contributed by atoms with Crippen molar-refractivity contribution in [2.24, 2.45) is 0 Å². The molecular formula is C11H8BrN3O. The quantitative estimate of drug-likeness (QED) is 0.918. The van der Waals surface area contributed by atoms with E-state index in [4.69, 9.17) is 0 Å². The van der Waals surface area contributed by atoms with Crippen molar-refractivity contribution in [1.82, 2.24) is 10.2 Å². The molecule has 1 aromatic carbocycles. The molecule has 0 spiro atoms. The van der Waals surface area contributed by atoms with Gasteiger partial charge in [0.2, 0.25) is 0 Å². The number of para-hydroxylation sites is 1. The number of nitrogens with one attached hydrogen (secondary N) is 1. The van der Waals surface area contributed by atoms with Gasteiger partial charge in [-0.2, -0.15) is 10.2 Å². The third kappa shape index (κ3) is 2.43. The third-order valence-corrected chi connectivity index (χ3v) is 2.66. The van der Waals surface area contributed by atoms with Gasteiger partial charge in [-0.15, -0.1) is 0 Å². The minimum atomic E-state index is -0.207. The van der Waals surface area contributed by atoms with E-state index >= 15 is 0 Å². The zero-order valence-corrected chi connectivity index (χ0v) is 9.81. The molecule has 0 radical (unpaired) electrons. The van der Waals surface area contributed by atoms with E-state index in [9.17, 15) is 4.79 Å². The summed E-state index contributed by atoms with van der Waals surface area (Å²) in [6.45, 7) is 0. The lowest BCUT2D eigenvalue weighted by atomic mass is 10.2. The molecule has 0 atom stereocenters. The highest BCUT2D eigenvalue weighted by molar-refractivity contribution is 9.10. The van der Waals surface area contributed by atoms with Crippen molar-refractivity contribution in [3.63, 3.8) is 0 Å². The zero-order chi connectivity index (χ0) is 11.4. The predicted octanol–water partition coefficient (Wildman–Crippen LogP) is 2.49. The van der Waals surface area contributed by atoms with Gasteiger partial charge in [0.25, 0.3) is 5.91 Å². The maximum atomic E-state index is 11.8. The Bertz CT molecular complexity index is 502. The molecule has 0 saturated carbocycles. The standard InChI is InChI=1S/C11H8BrN3O/c12-9-3-1-2-4-10(9)15-11(16)8-5-6-13-14-7-8/h1-7H,(H,15,16). The Morgan fingerprint density at radius 1 is 1.19 bits per heavy atom. The van der Waals surface area contributed by atoms with Crippen molar-refractivity contribution in [1.29, 1.82) is 0 Å². The van der Waals surface area contributed by atoms with Crippen LogP contribution in [0.1, 0.15) is 10.4 Å². The summed E-state index contributed by atoms with van der Waals surface area (Å²) in [6, 6.07) is 9.02. The molecule has 0 aliphatic carbocycles. The lowest BCUT2D eigenvalue weighted by molar-refractivity contribution is 0.102. The van der Waals surface area contributed by atoms with Crippen LogP contribution >= 0.6 is 15.9 Å². The second-order valence-electron chi connectivity index (χ2n) is 3.07. The Morgan fingerprint density at radius 2 is 2.00 bits per heavy atom. The van der Waals surface area contributed by atoms with Gasteiger partial charge in [-0.3, -0.25) is 4.79 Å². The summed E-state index contributed by atoms with van der Waals surface area (Å²) in [5, 5.41) is 10.0. The van der Waals surface area contributed by atoms with Crippen molar-refractivity contribution in [3.05, 3.63) is 52.8 Å². The summed E-state index contributed by atoms with van der Waals surface area (Å²) in [5.41, 5.74) is 1.20. The molecule has 16 heavy (non-hydrogen) atoms. The number of nitrogens with zero attached hydrogens (tertiary/aromatic N) is 2. The first-order valence-corrected chi connectivity index (χ1v) is 5.39. The first kappa shape index (κ1) is 10.8. The minimum absolute atomic E-state index is 0.207. The number of carbonyl (C=O) groups excluding carboxylic acids is 1. The zero-order valence-electron chi connectivity index (χ0n) is 8.22. The lowest BCUT2D eigenvalue weighted by Gasteiger charge is -2.06. The van der Waals surface area contributed by atoms with Crippen LogP contribution in [0.5, 0.6) is 0 Å². The Hall–Kier alpha value is -1.75. The highest BCUT2D eigenvalue weighted by Crippen LogP contribution is 2.21. The number of anilines is 1. The van der Waals surface area contributed by atoms with E-state index in [2.05, 4.69) is 31.4 Å². The number of amides is 1. The summed E-state index contributed by atoms with van der Waals surface area (Å²) in [7, 11) is 0. The molecule has 2 rings (SSSR count). The van der Waals surface area contributed by atoms with Gasteiger partial charge in [-0.05, 0) is 34.1 Å². The topological polar surface area (TPSA) is 54.9 Å². The smallest absolute Gasteiger partial charge is 0.257 e. The molecule has 2 aromatic rings. The van der Waals surface area contributed by atoms with Crippen LogP contribution in [0.4, 0.5) is 5.69 Å². The molecule has 80 valence electrons. The molecule has 5 heteroatoms. The molecule has 0 aliphatic rings. The molecule has 0 aliphatic heterocycles. The molecule has 0 fully saturated rings. The van der Waals surface area contributed by atoms with Crippen LogP contribution in [0.25, 0.3) is 0 Å². The Morgan fingerprint density at radius 3 is 2.69 bits per heavy atom. The molecule has 0 unspecified atom stereocenters. The van der Waals surface area contributed by atoms with Gasteiger partial charge in [0.15, 0.2) is 0 Å². The number of hydrogen-bond donors (Lipinski definition) is 1. The number of benzene rings is 1. The number of carbonyl (C=O) groups is 1. The van der Waals surface area contributed by atoms with E-state index in [1.807, 2.05) is 24.3 Å². The molecule has 1 N–H and O–H groups in total. The molecular weight excluding hydrogens is 270 g/mol. The van der Waals surface area contributed by atoms with E-state index in [1.165, 1.54) is 12.4 Å². The van der Waals surface area contributed by atoms with Crippen molar-refractivity contribution < 1.29 is 4.79 Å². The molecule has 1 heterocycles. The first-order chi connectivity index (χ1) is 7.77. The molecule has 0 bridgehead atoms. The fraction of sp³-hybridized carbons (Fsp3) is 0. The Labute approximate surface area is 101 Å². The number of halogens is 1. The van der Waals surface area contributed by atoms with Crippen LogP contribution in [0, 0.1) is 0 Å². The van der Waals surface area contributed by atoms with Crippen LogP contribution < -0.4 is 5.32 Å². The van der Waals surface area contributed by atoms with Crippen molar-refractivity contribution in [3.8, 4) is 0 Å². The van der Waals surface area contributed by atoms with Gasteiger partial charge < -0.3 is 5.32 Å². The monoisotopic (exact) mass is 277 g/mol. The highest BCUT2D eigenvalue weighted by Gasteiger charge is 2.07. The van der Waals surface area contributed by atoms with Crippen LogP contribution in [0.15, 0.2) is 47.2 Å². The van der Waals surface area contributed by atoms with Gasteiger partial charge in [-0.25, -0.2) is 0 Å². The van der Waals surface area contributed by atoms with Gasteiger partial charge >= 0.3 is 0 Å². The maximum Gasteiger partial charge on any atom is 0.257 e. The summed E-state index contributed by atoms with van der Waals surface area (Å²) in [4.78, 5) is 11.8. The fourth-order valence-electron chi connectivity index (χ4n) is 1.18. The third-order valence-electron chi connectivity index (χ3n) is 1.97. The van der Waals surface area contributed by atoms with Crippen LogP contribution in [-0.2, 0) is 0 Å². The lowest BCUT2D eigenvalue weighted by Crippen LogP contribution is -2.12. The molecule has 0 saturated heterocycles. The number of rotatable bonds is 2. The van der Waals surface area contributed by atoms with Gasteiger partial charge in [0.1, 0.15) is 0 Å². The summed E-state index contributed by atoms with van der Waals surface area (Å²) in [5.74, 6) is -0.207. The number of hydrogen-bond acceptors (Lipinski definition) is 3. The molecule has 1 aromatic heterocycles. The summed E-state index contributed by atoms with van der Waals surface area (Å²) in [6.07, 6.45) is 2.90. The van der Waals surface area contributed by atoms with Gasteiger partial charge in [0.05, 0.1) is 23.6 Å². The van der Waals surface area contributed by atoms with Crippen molar-refractivity contribution >= 4 is 27.5 Å². The normalized spacial score (nSPS) is 9.81. The van der Waals surface area contributed by atoms with Gasteiger partial charge in [-0.1, -0.05) is 12.1 Å². The van der Waals surface area contributed by atoms with Gasteiger partial charge in [0, 0.05) is 4.47 Å². The Balaban J connectivity index is 2.18. The summed E-state index contributed by atoms with van der Waals surface area (Å²) >= 11 is 3.35.